The molecule has 5 heteroatoms. The highest BCUT2D eigenvalue weighted by Gasteiger charge is 2.13. The number of carbonyl (C=O) groups excluding carboxylic acids is 1. The summed E-state index contributed by atoms with van der Waals surface area (Å²) < 4.78 is 0. The lowest BCUT2D eigenvalue weighted by Crippen LogP contribution is -2.37. The van der Waals surface area contributed by atoms with E-state index >= 15 is 0 Å². The van der Waals surface area contributed by atoms with Gasteiger partial charge >= 0.3 is 0 Å². The van der Waals surface area contributed by atoms with Crippen LogP contribution in [0.4, 0.5) is 5.82 Å². The molecule has 0 aliphatic carbocycles. The number of aromatic nitrogens is 2. The van der Waals surface area contributed by atoms with Gasteiger partial charge in [0.2, 0.25) is 5.91 Å². The molecule has 1 unspecified atom stereocenters. The van der Waals surface area contributed by atoms with Crippen molar-refractivity contribution in [2.24, 2.45) is 0 Å². The Bertz CT molecular complexity index is 550. The number of rotatable bonds is 4. The number of carbonyl (C=O) groups is 1. The van der Waals surface area contributed by atoms with Gasteiger partial charge in [0.05, 0.1) is 6.20 Å². The van der Waals surface area contributed by atoms with Crippen molar-refractivity contribution in [2.75, 3.05) is 11.9 Å². The maximum absolute atomic E-state index is 11.7. The molecule has 0 fully saturated rings. The van der Waals surface area contributed by atoms with Crippen LogP contribution in [0.3, 0.4) is 0 Å². The van der Waals surface area contributed by atoms with E-state index in [1.54, 1.807) is 13.1 Å². The topological polar surface area (TPSA) is 66.9 Å². The summed E-state index contributed by atoms with van der Waals surface area (Å²) in [6.45, 7) is 4.31. The van der Waals surface area contributed by atoms with Crippen molar-refractivity contribution in [3.63, 3.8) is 0 Å². The number of fused-ring (bicyclic) bond motifs is 1. The fourth-order valence-corrected chi connectivity index (χ4v) is 1.73. The minimum Gasteiger partial charge on any atom is -0.357 e. The van der Waals surface area contributed by atoms with Gasteiger partial charge in [-0.15, -0.1) is 5.10 Å². The molecule has 2 N–H and O–H groups in total. The van der Waals surface area contributed by atoms with E-state index in [1.165, 1.54) is 0 Å². The van der Waals surface area contributed by atoms with Crippen LogP contribution in [0.1, 0.15) is 13.8 Å². The largest absolute Gasteiger partial charge is 0.357 e. The Balaban J connectivity index is 2.24. The molecule has 1 aromatic carbocycles. The molecule has 1 amide bonds. The van der Waals surface area contributed by atoms with Crippen LogP contribution in [0.15, 0.2) is 30.5 Å². The third-order valence-corrected chi connectivity index (χ3v) is 2.67. The average Bonchev–Trinajstić information content (AvgIpc) is 2.39. The fourth-order valence-electron chi connectivity index (χ4n) is 1.73. The van der Waals surface area contributed by atoms with Crippen molar-refractivity contribution < 1.29 is 4.79 Å². The fraction of sp³-hybridized carbons (Fsp3) is 0.308. The van der Waals surface area contributed by atoms with E-state index in [4.69, 9.17) is 0 Å². The van der Waals surface area contributed by atoms with Crippen molar-refractivity contribution in [1.82, 2.24) is 15.5 Å². The zero-order valence-electron chi connectivity index (χ0n) is 10.5. The lowest BCUT2D eigenvalue weighted by Gasteiger charge is -2.14. The zero-order chi connectivity index (χ0) is 13.0. The first-order chi connectivity index (χ1) is 8.72. The molecule has 1 heterocycles. The van der Waals surface area contributed by atoms with Crippen molar-refractivity contribution in [2.45, 2.75) is 19.9 Å². The van der Waals surface area contributed by atoms with Crippen LogP contribution in [0.5, 0.6) is 0 Å². The molecule has 0 spiro atoms. The van der Waals surface area contributed by atoms with Gasteiger partial charge in [0.25, 0.3) is 0 Å². The molecule has 0 aliphatic rings. The first-order valence-electron chi connectivity index (χ1n) is 5.97. The zero-order valence-corrected chi connectivity index (χ0v) is 10.5. The number of anilines is 1. The highest BCUT2D eigenvalue weighted by atomic mass is 16.2. The van der Waals surface area contributed by atoms with Crippen molar-refractivity contribution in [3.8, 4) is 0 Å². The lowest BCUT2D eigenvalue weighted by molar-refractivity contribution is -0.121. The third kappa shape index (κ3) is 2.56. The Kier molecular flexibility index (Phi) is 3.72. The van der Waals surface area contributed by atoms with Crippen molar-refractivity contribution >= 4 is 22.5 Å². The normalized spacial score (nSPS) is 12.1. The summed E-state index contributed by atoms with van der Waals surface area (Å²) in [7, 11) is 0. The molecular formula is C13H16N4O. The maximum atomic E-state index is 11.7. The van der Waals surface area contributed by atoms with Gasteiger partial charge in [0, 0.05) is 17.3 Å². The van der Waals surface area contributed by atoms with Crippen molar-refractivity contribution in [1.29, 1.82) is 0 Å². The second-order valence-electron chi connectivity index (χ2n) is 4.04. The number of benzene rings is 1. The Labute approximate surface area is 106 Å². The number of amides is 1. The summed E-state index contributed by atoms with van der Waals surface area (Å²) in [5, 5.41) is 15.8. The number of hydrogen-bond donors (Lipinski definition) is 2. The van der Waals surface area contributed by atoms with Gasteiger partial charge in [0.1, 0.15) is 6.04 Å². The number of nitrogens with one attached hydrogen (secondary N) is 2. The Hall–Kier alpha value is -2.17. The van der Waals surface area contributed by atoms with Gasteiger partial charge in [-0.1, -0.05) is 24.3 Å². The van der Waals surface area contributed by atoms with Crippen LogP contribution in [0.2, 0.25) is 0 Å². The summed E-state index contributed by atoms with van der Waals surface area (Å²) in [6, 6.07) is 7.46. The van der Waals surface area contributed by atoms with E-state index in [1.807, 2.05) is 31.2 Å². The molecule has 0 saturated heterocycles. The highest BCUT2D eigenvalue weighted by Crippen LogP contribution is 2.19. The van der Waals surface area contributed by atoms with Crippen LogP contribution in [-0.2, 0) is 4.79 Å². The van der Waals surface area contributed by atoms with Crippen LogP contribution in [0, 0.1) is 0 Å². The molecule has 1 aromatic heterocycles. The summed E-state index contributed by atoms with van der Waals surface area (Å²) in [5.41, 5.74) is 0. The minimum absolute atomic E-state index is 0.0489. The van der Waals surface area contributed by atoms with Crippen LogP contribution in [0.25, 0.3) is 10.8 Å². The monoisotopic (exact) mass is 244 g/mol. The van der Waals surface area contributed by atoms with E-state index in [0.717, 1.165) is 10.8 Å². The number of likely N-dealkylation sites (N-methyl/N-ethyl adjacent to an activating group) is 1. The first-order valence-corrected chi connectivity index (χ1v) is 5.97. The molecule has 1 atom stereocenters. The summed E-state index contributed by atoms with van der Waals surface area (Å²) >= 11 is 0. The molecule has 0 bridgehead atoms. The van der Waals surface area contributed by atoms with Gasteiger partial charge in [-0.3, -0.25) is 4.79 Å². The van der Waals surface area contributed by atoms with Gasteiger partial charge in [-0.25, -0.2) is 0 Å². The number of hydrogen-bond acceptors (Lipinski definition) is 4. The predicted octanol–water partition coefficient (Wildman–Crippen LogP) is 1.57. The Morgan fingerprint density at radius 3 is 2.94 bits per heavy atom. The standard InChI is InChI=1S/C13H16N4O/c1-3-14-13(18)9(2)16-12-11-7-5-4-6-10(11)8-15-17-12/h4-9H,3H2,1-2H3,(H,14,18)(H,16,17). The highest BCUT2D eigenvalue weighted by molar-refractivity contribution is 5.93. The van der Waals surface area contributed by atoms with Gasteiger partial charge in [-0.05, 0) is 13.8 Å². The summed E-state index contributed by atoms with van der Waals surface area (Å²) in [5.74, 6) is 0.582. The summed E-state index contributed by atoms with van der Waals surface area (Å²) in [4.78, 5) is 11.7. The number of nitrogens with zero attached hydrogens (tertiary/aromatic N) is 2. The third-order valence-electron chi connectivity index (χ3n) is 2.67. The average molecular weight is 244 g/mol. The van der Waals surface area contributed by atoms with E-state index in [9.17, 15) is 4.79 Å². The molecule has 94 valence electrons. The molecule has 0 radical (unpaired) electrons. The first kappa shape index (κ1) is 12.3. The summed E-state index contributed by atoms with van der Waals surface area (Å²) in [6.07, 6.45) is 1.71. The van der Waals surface area contributed by atoms with Crippen LogP contribution < -0.4 is 10.6 Å². The van der Waals surface area contributed by atoms with E-state index in [-0.39, 0.29) is 11.9 Å². The van der Waals surface area contributed by atoms with Crippen molar-refractivity contribution in [3.05, 3.63) is 30.5 Å². The Morgan fingerprint density at radius 2 is 2.17 bits per heavy atom. The van der Waals surface area contributed by atoms with Crippen LogP contribution in [-0.4, -0.2) is 28.7 Å². The quantitative estimate of drug-likeness (QED) is 0.856. The van der Waals surface area contributed by atoms with Crippen LogP contribution >= 0.6 is 0 Å². The molecule has 5 nitrogen and oxygen atoms in total. The molecular weight excluding hydrogens is 228 g/mol. The lowest BCUT2D eigenvalue weighted by atomic mass is 10.2. The van der Waals surface area contributed by atoms with Gasteiger partial charge in [0.15, 0.2) is 5.82 Å². The minimum atomic E-state index is -0.343. The molecule has 0 aliphatic heterocycles. The van der Waals surface area contributed by atoms with Gasteiger partial charge < -0.3 is 10.6 Å². The maximum Gasteiger partial charge on any atom is 0.242 e. The van der Waals surface area contributed by atoms with E-state index in [2.05, 4.69) is 20.8 Å². The van der Waals surface area contributed by atoms with E-state index in [0.29, 0.717) is 12.4 Å². The van der Waals surface area contributed by atoms with Gasteiger partial charge in [-0.2, -0.15) is 5.10 Å². The SMILES string of the molecule is CCNC(=O)C(C)Nc1nncc2ccccc12. The molecule has 2 aromatic rings. The second-order valence-corrected chi connectivity index (χ2v) is 4.04. The molecule has 0 saturated carbocycles. The molecule has 2 rings (SSSR count). The second kappa shape index (κ2) is 5.44. The smallest absolute Gasteiger partial charge is 0.242 e. The Morgan fingerprint density at radius 1 is 1.39 bits per heavy atom. The van der Waals surface area contributed by atoms with E-state index < -0.39 is 0 Å². The predicted molar refractivity (Wildman–Crippen MR) is 71.3 cm³/mol. The molecule has 18 heavy (non-hydrogen) atoms.